The van der Waals surface area contributed by atoms with Gasteiger partial charge in [-0.1, -0.05) is 11.6 Å². The van der Waals surface area contributed by atoms with Gasteiger partial charge in [-0.3, -0.25) is 4.79 Å². The molecule has 1 aromatic carbocycles. The summed E-state index contributed by atoms with van der Waals surface area (Å²) in [4.78, 5) is 14.9. The van der Waals surface area contributed by atoms with Crippen LogP contribution in [0, 0.1) is 0 Å². The van der Waals surface area contributed by atoms with Gasteiger partial charge in [-0.15, -0.1) is 0 Å². The standard InChI is InChI=1S/C12H10BrClN2O/c13-11-6-8(14)3-4-10(11)12(17)16-7-9-2-1-5-15-9/h1-6,15H,7H2,(H,16,17). The number of amides is 1. The van der Waals surface area contributed by atoms with Crippen LogP contribution in [0.3, 0.4) is 0 Å². The molecule has 1 aromatic heterocycles. The van der Waals surface area contributed by atoms with Crippen molar-refractivity contribution in [1.29, 1.82) is 0 Å². The molecule has 0 radical (unpaired) electrons. The highest BCUT2D eigenvalue weighted by Crippen LogP contribution is 2.21. The first kappa shape index (κ1) is 12.2. The highest BCUT2D eigenvalue weighted by molar-refractivity contribution is 9.10. The smallest absolute Gasteiger partial charge is 0.252 e. The first-order valence-electron chi connectivity index (χ1n) is 5.02. The molecule has 17 heavy (non-hydrogen) atoms. The predicted octanol–water partition coefficient (Wildman–Crippen LogP) is 3.36. The summed E-state index contributed by atoms with van der Waals surface area (Å²) in [5, 5.41) is 3.41. The molecule has 1 heterocycles. The largest absolute Gasteiger partial charge is 0.364 e. The number of hydrogen-bond acceptors (Lipinski definition) is 1. The van der Waals surface area contributed by atoms with Crippen LogP contribution in [-0.2, 0) is 6.54 Å². The lowest BCUT2D eigenvalue weighted by Gasteiger charge is -2.06. The fourth-order valence-corrected chi connectivity index (χ4v) is 2.28. The number of benzene rings is 1. The lowest BCUT2D eigenvalue weighted by molar-refractivity contribution is 0.0949. The van der Waals surface area contributed by atoms with E-state index in [0.717, 1.165) is 5.69 Å². The van der Waals surface area contributed by atoms with Crippen LogP contribution < -0.4 is 5.32 Å². The summed E-state index contributed by atoms with van der Waals surface area (Å²) in [7, 11) is 0. The summed E-state index contributed by atoms with van der Waals surface area (Å²) in [5.41, 5.74) is 1.53. The predicted molar refractivity (Wildman–Crippen MR) is 71.1 cm³/mol. The Balaban J connectivity index is 2.04. The molecule has 2 N–H and O–H groups in total. The number of rotatable bonds is 3. The van der Waals surface area contributed by atoms with Crippen molar-refractivity contribution in [2.75, 3.05) is 0 Å². The summed E-state index contributed by atoms with van der Waals surface area (Å²) in [6.45, 7) is 0.473. The molecule has 0 saturated heterocycles. The molecule has 0 aliphatic carbocycles. The summed E-state index contributed by atoms with van der Waals surface area (Å²) in [6.07, 6.45) is 1.82. The number of carbonyl (C=O) groups is 1. The van der Waals surface area contributed by atoms with Crippen molar-refractivity contribution >= 4 is 33.4 Å². The maximum absolute atomic E-state index is 11.9. The van der Waals surface area contributed by atoms with E-state index in [-0.39, 0.29) is 5.91 Å². The highest BCUT2D eigenvalue weighted by atomic mass is 79.9. The highest BCUT2D eigenvalue weighted by Gasteiger charge is 2.09. The van der Waals surface area contributed by atoms with Gasteiger partial charge in [0.15, 0.2) is 0 Å². The van der Waals surface area contributed by atoms with Crippen LogP contribution in [0.15, 0.2) is 41.0 Å². The van der Waals surface area contributed by atoms with Crippen LogP contribution in [0.4, 0.5) is 0 Å². The Kier molecular flexibility index (Phi) is 3.86. The molecule has 0 fully saturated rings. The normalized spacial score (nSPS) is 10.2. The number of nitrogens with one attached hydrogen (secondary N) is 2. The van der Waals surface area contributed by atoms with E-state index in [2.05, 4.69) is 26.2 Å². The zero-order chi connectivity index (χ0) is 12.3. The molecule has 88 valence electrons. The number of halogens is 2. The van der Waals surface area contributed by atoms with Gasteiger partial charge in [0.2, 0.25) is 0 Å². The fraction of sp³-hybridized carbons (Fsp3) is 0.0833. The molecule has 2 rings (SSSR count). The number of hydrogen-bond donors (Lipinski definition) is 2. The lowest BCUT2D eigenvalue weighted by Crippen LogP contribution is -2.23. The molecular formula is C12H10BrClN2O. The van der Waals surface area contributed by atoms with Crippen LogP contribution in [0.2, 0.25) is 5.02 Å². The Morgan fingerprint density at radius 2 is 2.24 bits per heavy atom. The van der Waals surface area contributed by atoms with E-state index in [9.17, 15) is 4.79 Å². The molecule has 0 bridgehead atoms. The van der Waals surface area contributed by atoms with Crippen molar-refractivity contribution in [2.45, 2.75) is 6.54 Å². The first-order valence-corrected chi connectivity index (χ1v) is 6.19. The van der Waals surface area contributed by atoms with Gasteiger partial charge in [0.1, 0.15) is 0 Å². The van der Waals surface area contributed by atoms with Gasteiger partial charge in [-0.05, 0) is 46.3 Å². The molecule has 0 aliphatic rings. The number of aromatic amines is 1. The molecule has 1 amide bonds. The fourth-order valence-electron chi connectivity index (χ4n) is 1.42. The van der Waals surface area contributed by atoms with Crippen molar-refractivity contribution in [1.82, 2.24) is 10.3 Å². The van der Waals surface area contributed by atoms with Gasteiger partial charge in [0.25, 0.3) is 5.91 Å². The van der Waals surface area contributed by atoms with Crippen LogP contribution in [0.25, 0.3) is 0 Å². The summed E-state index contributed by atoms with van der Waals surface area (Å²) < 4.78 is 0.689. The Morgan fingerprint density at radius 1 is 1.41 bits per heavy atom. The molecule has 0 aliphatic heterocycles. The minimum Gasteiger partial charge on any atom is -0.364 e. The molecule has 5 heteroatoms. The van der Waals surface area contributed by atoms with Gasteiger partial charge < -0.3 is 10.3 Å². The Bertz CT molecular complexity index is 525. The Labute approximate surface area is 112 Å². The van der Waals surface area contributed by atoms with E-state index in [1.165, 1.54) is 0 Å². The average molecular weight is 314 g/mol. The van der Waals surface area contributed by atoms with Gasteiger partial charge >= 0.3 is 0 Å². The molecule has 0 saturated carbocycles. The molecule has 0 spiro atoms. The second-order valence-corrected chi connectivity index (χ2v) is 4.79. The quantitative estimate of drug-likeness (QED) is 0.896. The second kappa shape index (κ2) is 5.38. The Hall–Kier alpha value is -1.26. The third kappa shape index (κ3) is 3.11. The van der Waals surface area contributed by atoms with Crippen LogP contribution >= 0.6 is 27.5 Å². The van der Waals surface area contributed by atoms with E-state index in [0.29, 0.717) is 21.6 Å². The van der Waals surface area contributed by atoms with E-state index >= 15 is 0 Å². The zero-order valence-corrected chi connectivity index (χ0v) is 11.2. The molecular weight excluding hydrogens is 304 g/mol. The van der Waals surface area contributed by atoms with Crippen LogP contribution in [0.1, 0.15) is 16.1 Å². The monoisotopic (exact) mass is 312 g/mol. The van der Waals surface area contributed by atoms with Gasteiger partial charge in [-0.25, -0.2) is 0 Å². The van der Waals surface area contributed by atoms with Crippen molar-refractivity contribution < 1.29 is 4.79 Å². The molecule has 3 nitrogen and oxygen atoms in total. The van der Waals surface area contributed by atoms with Crippen LogP contribution in [-0.4, -0.2) is 10.9 Å². The first-order chi connectivity index (χ1) is 8.16. The molecule has 0 unspecified atom stereocenters. The molecule has 2 aromatic rings. The second-order valence-electron chi connectivity index (χ2n) is 3.50. The maximum Gasteiger partial charge on any atom is 0.252 e. The van der Waals surface area contributed by atoms with Gasteiger partial charge in [-0.2, -0.15) is 0 Å². The van der Waals surface area contributed by atoms with E-state index in [1.54, 1.807) is 18.2 Å². The van der Waals surface area contributed by atoms with Crippen molar-refractivity contribution in [3.63, 3.8) is 0 Å². The van der Waals surface area contributed by atoms with E-state index < -0.39 is 0 Å². The summed E-state index contributed by atoms with van der Waals surface area (Å²) in [6, 6.07) is 8.88. The van der Waals surface area contributed by atoms with Crippen LogP contribution in [0.5, 0.6) is 0 Å². The topological polar surface area (TPSA) is 44.9 Å². The van der Waals surface area contributed by atoms with Crippen molar-refractivity contribution in [3.8, 4) is 0 Å². The van der Waals surface area contributed by atoms with Crippen molar-refractivity contribution in [2.24, 2.45) is 0 Å². The number of H-pyrrole nitrogens is 1. The lowest BCUT2D eigenvalue weighted by atomic mass is 10.2. The molecule has 0 atom stereocenters. The van der Waals surface area contributed by atoms with Gasteiger partial charge in [0, 0.05) is 21.4 Å². The van der Waals surface area contributed by atoms with Gasteiger partial charge in [0.05, 0.1) is 12.1 Å². The minimum absolute atomic E-state index is 0.136. The average Bonchev–Trinajstić information content (AvgIpc) is 2.78. The summed E-state index contributed by atoms with van der Waals surface area (Å²) in [5.74, 6) is -0.136. The number of aromatic nitrogens is 1. The van der Waals surface area contributed by atoms with E-state index in [1.807, 2.05) is 18.3 Å². The van der Waals surface area contributed by atoms with Crippen molar-refractivity contribution in [3.05, 3.63) is 57.3 Å². The van der Waals surface area contributed by atoms with E-state index in [4.69, 9.17) is 11.6 Å². The maximum atomic E-state index is 11.9. The zero-order valence-electron chi connectivity index (χ0n) is 8.84. The SMILES string of the molecule is O=C(NCc1ccc[nH]1)c1ccc(Cl)cc1Br. The third-order valence-corrected chi connectivity index (χ3v) is 3.17. The summed E-state index contributed by atoms with van der Waals surface area (Å²) >= 11 is 9.13. The number of carbonyl (C=O) groups excluding carboxylic acids is 1. The third-order valence-electron chi connectivity index (χ3n) is 2.28. The Morgan fingerprint density at radius 3 is 2.88 bits per heavy atom. The minimum atomic E-state index is -0.136.